The van der Waals surface area contributed by atoms with Gasteiger partial charge in [-0.3, -0.25) is 9.78 Å². The Labute approximate surface area is 233 Å². The van der Waals surface area contributed by atoms with Crippen molar-refractivity contribution in [2.45, 2.75) is 51.0 Å². The van der Waals surface area contributed by atoms with E-state index >= 15 is 0 Å². The quantitative estimate of drug-likeness (QED) is 0.247. The van der Waals surface area contributed by atoms with Crippen LogP contribution in [0.5, 0.6) is 23.0 Å². The predicted octanol–water partition coefficient (Wildman–Crippen LogP) is 5.84. The molecule has 1 unspecified atom stereocenters. The Bertz CT molecular complexity index is 1200. The average molecular weight is 557 g/mol. The molecule has 2 aromatic rings. The molecule has 0 aliphatic heterocycles. The zero-order valence-electron chi connectivity index (χ0n) is 23.3. The van der Waals surface area contributed by atoms with Crippen LogP contribution in [0.25, 0.3) is 0 Å². The van der Waals surface area contributed by atoms with Gasteiger partial charge in [0.15, 0.2) is 28.8 Å². The predicted molar refractivity (Wildman–Crippen MR) is 143 cm³/mol. The van der Waals surface area contributed by atoms with Gasteiger partial charge in [-0.25, -0.2) is 14.5 Å². The highest BCUT2D eigenvalue weighted by molar-refractivity contribution is 5.90. The van der Waals surface area contributed by atoms with Gasteiger partial charge in [-0.05, 0) is 92.8 Å². The minimum Gasteiger partial charge on any atom is -0.493 e. The molecule has 0 amide bonds. The Morgan fingerprint density at radius 2 is 1.20 bits per heavy atom. The van der Waals surface area contributed by atoms with E-state index in [1.165, 1.54) is 28.4 Å². The van der Waals surface area contributed by atoms with Crippen molar-refractivity contribution in [3.8, 4) is 23.0 Å². The van der Waals surface area contributed by atoms with Crippen molar-refractivity contribution in [2.24, 2.45) is 11.8 Å². The number of ether oxygens (including phenoxy) is 4. The molecule has 0 bridgehead atoms. The number of hydrogen-bond donors (Lipinski definition) is 0. The molecule has 0 N–H and O–H groups in total. The molecule has 10 heteroatoms. The third kappa shape index (κ3) is 7.18. The topological polar surface area (TPSA) is 108 Å². The molecule has 40 heavy (non-hydrogen) atoms. The minimum absolute atomic E-state index is 0.130. The molecule has 216 valence electrons. The summed E-state index contributed by atoms with van der Waals surface area (Å²) in [5.74, 6) is 2.50. The minimum atomic E-state index is -0.603. The molecule has 1 saturated carbocycles. The number of carbonyl (C=O) groups excluding carboxylic acids is 2. The van der Waals surface area contributed by atoms with Gasteiger partial charge in [0.25, 0.3) is 0 Å². The summed E-state index contributed by atoms with van der Waals surface area (Å²) in [5.41, 5.74) is 0.632. The summed E-state index contributed by atoms with van der Waals surface area (Å²) in [4.78, 5) is 45.9. The standard InChI is InChI=1S/C30H36O10/c1-33-25-15-9-21(17-27(25)35-3)29(31)39-37-23-11-5-19(6-12-23)20-7-13-24(14-8-20)38-40-30(32)22-10-16-26(34-2)28(18-22)36-4/h9-11,15-20,24H,5-8,12-14H2,1-4H3. The number of benzene rings is 2. The third-order valence-electron chi connectivity index (χ3n) is 7.52. The van der Waals surface area contributed by atoms with E-state index in [0.717, 1.165) is 38.5 Å². The summed E-state index contributed by atoms with van der Waals surface area (Å²) in [6, 6.07) is 9.60. The molecule has 0 aromatic heterocycles. The third-order valence-corrected chi connectivity index (χ3v) is 7.52. The van der Waals surface area contributed by atoms with Gasteiger partial charge in [0, 0.05) is 6.42 Å². The first kappa shape index (κ1) is 29.1. The molecule has 4 rings (SSSR count). The molecule has 0 heterocycles. The van der Waals surface area contributed by atoms with Crippen molar-refractivity contribution in [1.82, 2.24) is 0 Å². The Kier molecular flexibility index (Phi) is 10.1. The lowest BCUT2D eigenvalue weighted by atomic mass is 9.74. The van der Waals surface area contributed by atoms with Crippen LogP contribution in [0.2, 0.25) is 0 Å². The molecule has 0 radical (unpaired) electrons. The molecule has 2 aromatic carbocycles. The van der Waals surface area contributed by atoms with Crippen LogP contribution in [-0.4, -0.2) is 46.5 Å². The molecule has 1 atom stereocenters. The number of rotatable bonds is 11. The van der Waals surface area contributed by atoms with E-state index in [4.69, 9.17) is 38.5 Å². The number of hydrogen-bond acceptors (Lipinski definition) is 10. The first-order valence-electron chi connectivity index (χ1n) is 13.3. The highest BCUT2D eigenvalue weighted by Gasteiger charge is 2.31. The highest BCUT2D eigenvalue weighted by atomic mass is 17.2. The summed E-state index contributed by atoms with van der Waals surface area (Å²) < 4.78 is 20.9. The van der Waals surface area contributed by atoms with Gasteiger partial charge in [-0.1, -0.05) is 0 Å². The molecule has 0 saturated heterocycles. The van der Waals surface area contributed by atoms with Gasteiger partial charge in [-0.15, -0.1) is 0 Å². The van der Waals surface area contributed by atoms with Crippen LogP contribution in [0.3, 0.4) is 0 Å². The number of allylic oxidation sites excluding steroid dienone is 2. The molecular weight excluding hydrogens is 520 g/mol. The largest absolute Gasteiger partial charge is 0.493 e. The van der Waals surface area contributed by atoms with E-state index in [9.17, 15) is 9.59 Å². The van der Waals surface area contributed by atoms with Crippen LogP contribution in [0, 0.1) is 11.8 Å². The fourth-order valence-corrected chi connectivity index (χ4v) is 5.22. The van der Waals surface area contributed by atoms with Gasteiger partial charge in [-0.2, -0.15) is 4.89 Å². The number of carbonyl (C=O) groups is 2. The maximum absolute atomic E-state index is 12.4. The lowest BCUT2D eigenvalue weighted by Gasteiger charge is -2.34. The van der Waals surface area contributed by atoms with Crippen LogP contribution in [0.4, 0.5) is 0 Å². The summed E-state index contributed by atoms with van der Waals surface area (Å²) in [6.07, 6.45) is 7.98. The average Bonchev–Trinajstić information content (AvgIpc) is 3.02. The van der Waals surface area contributed by atoms with Crippen LogP contribution in [-0.2, 0) is 19.6 Å². The second-order valence-corrected chi connectivity index (χ2v) is 9.80. The Morgan fingerprint density at radius 3 is 1.70 bits per heavy atom. The van der Waals surface area contributed by atoms with Crippen molar-refractivity contribution in [3.63, 3.8) is 0 Å². The van der Waals surface area contributed by atoms with Gasteiger partial charge in [0.1, 0.15) is 6.10 Å². The van der Waals surface area contributed by atoms with E-state index in [-0.39, 0.29) is 6.10 Å². The number of methoxy groups -OCH3 is 4. The monoisotopic (exact) mass is 556 g/mol. The maximum atomic E-state index is 12.4. The lowest BCUT2D eigenvalue weighted by molar-refractivity contribution is -0.281. The Balaban J connectivity index is 1.18. The van der Waals surface area contributed by atoms with Gasteiger partial charge in [0.05, 0.1) is 39.6 Å². The van der Waals surface area contributed by atoms with Crippen molar-refractivity contribution >= 4 is 11.9 Å². The van der Waals surface area contributed by atoms with Gasteiger partial charge >= 0.3 is 11.9 Å². The summed E-state index contributed by atoms with van der Waals surface area (Å²) >= 11 is 0. The van der Waals surface area contributed by atoms with Crippen LogP contribution >= 0.6 is 0 Å². The van der Waals surface area contributed by atoms with Gasteiger partial charge < -0.3 is 18.9 Å². The van der Waals surface area contributed by atoms with Crippen molar-refractivity contribution in [1.29, 1.82) is 0 Å². The first-order chi connectivity index (χ1) is 19.4. The molecule has 1 fully saturated rings. The second kappa shape index (κ2) is 13.9. The zero-order valence-corrected chi connectivity index (χ0v) is 23.3. The fourth-order valence-electron chi connectivity index (χ4n) is 5.22. The fraction of sp³-hybridized carbons (Fsp3) is 0.467. The zero-order chi connectivity index (χ0) is 28.5. The summed E-state index contributed by atoms with van der Waals surface area (Å²) in [6.45, 7) is 0. The van der Waals surface area contributed by atoms with E-state index in [2.05, 4.69) is 0 Å². The van der Waals surface area contributed by atoms with Crippen molar-refractivity contribution in [3.05, 3.63) is 59.4 Å². The van der Waals surface area contributed by atoms with E-state index in [1.54, 1.807) is 36.4 Å². The van der Waals surface area contributed by atoms with E-state index < -0.39 is 11.9 Å². The van der Waals surface area contributed by atoms with E-state index in [0.29, 0.717) is 58.1 Å². The molecule has 2 aliphatic carbocycles. The van der Waals surface area contributed by atoms with Crippen molar-refractivity contribution < 1.29 is 48.1 Å². The Hall–Kier alpha value is -3.92. The van der Waals surface area contributed by atoms with Crippen LogP contribution < -0.4 is 18.9 Å². The van der Waals surface area contributed by atoms with Crippen LogP contribution in [0.1, 0.15) is 65.7 Å². The second-order valence-electron chi connectivity index (χ2n) is 9.80. The van der Waals surface area contributed by atoms with E-state index in [1.807, 2.05) is 6.08 Å². The SMILES string of the molecule is COc1ccc(C(=O)OOC2=CCC(C3CCC(OOC(=O)c4ccc(OC)c(OC)c4)CC3)CC2)cc1OC. The normalized spacial score (nSPS) is 20.5. The lowest BCUT2D eigenvalue weighted by Crippen LogP contribution is -2.28. The summed E-state index contributed by atoms with van der Waals surface area (Å²) in [7, 11) is 6.07. The highest BCUT2D eigenvalue weighted by Crippen LogP contribution is 2.39. The first-order valence-corrected chi connectivity index (χ1v) is 13.3. The molecule has 0 spiro atoms. The molecular formula is C30H36O10. The van der Waals surface area contributed by atoms with Crippen molar-refractivity contribution in [2.75, 3.05) is 28.4 Å². The molecule has 2 aliphatic rings. The van der Waals surface area contributed by atoms with Gasteiger partial charge in [0.2, 0.25) is 0 Å². The molecule has 10 nitrogen and oxygen atoms in total. The maximum Gasteiger partial charge on any atom is 0.386 e. The Morgan fingerprint density at radius 1 is 0.650 bits per heavy atom. The smallest absolute Gasteiger partial charge is 0.386 e. The van der Waals surface area contributed by atoms with Crippen LogP contribution in [0.15, 0.2) is 48.2 Å². The summed E-state index contributed by atoms with van der Waals surface area (Å²) in [5, 5.41) is 0.